The standard InChI is InChI=1S/C17H13Cl2N3O2S/c18-10-4-6-12(7-5-10)21-17-22-15(23)9-14(25-17)16(24)20-13-3-1-2-11(19)8-13/h1-8,14H,9H2,(H,20,24)(H,21,22,23)/t14-/m0/s1. The van der Waals surface area contributed by atoms with E-state index in [9.17, 15) is 9.59 Å². The van der Waals surface area contributed by atoms with Crippen molar-refractivity contribution in [2.75, 3.05) is 5.32 Å². The number of carbonyl (C=O) groups excluding carboxylic acids is 2. The van der Waals surface area contributed by atoms with Crippen LogP contribution in [0.5, 0.6) is 0 Å². The fourth-order valence-electron chi connectivity index (χ4n) is 2.17. The molecule has 0 saturated carbocycles. The van der Waals surface area contributed by atoms with E-state index < -0.39 is 5.25 Å². The van der Waals surface area contributed by atoms with E-state index in [2.05, 4.69) is 15.6 Å². The summed E-state index contributed by atoms with van der Waals surface area (Å²) in [5.74, 6) is -0.524. The van der Waals surface area contributed by atoms with Gasteiger partial charge < -0.3 is 10.6 Å². The minimum absolute atomic E-state index is 0.0801. The second-order valence-electron chi connectivity index (χ2n) is 5.25. The van der Waals surface area contributed by atoms with Crippen molar-refractivity contribution in [3.8, 4) is 0 Å². The Morgan fingerprint density at radius 3 is 2.64 bits per heavy atom. The van der Waals surface area contributed by atoms with E-state index in [1.165, 1.54) is 11.8 Å². The van der Waals surface area contributed by atoms with E-state index >= 15 is 0 Å². The van der Waals surface area contributed by atoms with Gasteiger partial charge in [0.1, 0.15) is 5.25 Å². The molecule has 2 amide bonds. The van der Waals surface area contributed by atoms with Crippen molar-refractivity contribution in [1.82, 2.24) is 5.32 Å². The van der Waals surface area contributed by atoms with E-state index in [0.29, 0.717) is 26.6 Å². The van der Waals surface area contributed by atoms with Crippen LogP contribution in [-0.2, 0) is 9.59 Å². The minimum Gasteiger partial charge on any atom is -0.325 e. The molecule has 1 aliphatic rings. The molecule has 3 rings (SSSR count). The molecule has 0 spiro atoms. The number of benzene rings is 2. The van der Waals surface area contributed by atoms with Crippen LogP contribution in [0.4, 0.5) is 11.4 Å². The van der Waals surface area contributed by atoms with Crippen molar-refractivity contribution in [2.24, 2.45) is 4.99 Å². The van der Waals surface area contributed by atoms with Crippen LogP contribution in [0, 0.1) is 0 Å². The highest BCUT2D eigenvalue weighted by molar-refractivity contribution is 8.15. The molecule has 0 aliphatic carbocycles. The Morgan fingerprint density at radius 2 is 1.92 bits per heavy atom. The van der Waals surface area contributed by atoms with Crippen molar-refractivity contribution in [1.29, 1.82) is 0 Å². The molecule has 1 fully saturated rings. The number of carbonyl (C=O) groups is 2. The summed E-state index contributed by atoms with van der Waals surface area (Å²) >= 11 is 13.0. The lowest BCUT2D eigenvalue weighted by molar-refractivity contribution is -0.123. The third-order valence-electron chi connectivity index (χ3n) is 3.31. The lowest BCUT2D eigenvalue weighted by Crippen LogP contribution is -2.41. The highest BCUT2D eigenvalue weighted by atomic mass is 35.5. The molecule has 25 heavy (non-hydrogen) atoms. The first-order valence-electron chi connectivity index (χ1n) is 7.37. The van der Waals surface area contributed by atoms with Gasteiger partial charge in [-0.15, -0.1) is 0 Å². The molecule has 1 aliphatic heterocycles. The molecule has 1 saturated heterocycles. The van der Waals surface area contributed by atoms with Gasteiger partial charge in [-0.1, -0.05) is 41.0 Å². The van der Waals surface area contributed by atoms with E-state index in [0.717, 1.165) is 0 Å². The van der Waals surface area contributed by atoms with Gasteiger partial charge in [0.15, 0.2) is 5.17 Å². The molecule has 128 valence electrons. The van der Waals surface area contributed by atoms with E-state index in [-0.39, 0.29) is 18.2 Å². The second kappa shape index (κ2) is 7.91. The average molecular weight is 394 g/mol. The Hall–Kier alpha value is -2.02. The normalized spacial score (nSPS) is 18.7. The maximum absolute atomic E-state index is 12.4. The Bertz CT molecular complexity index is 840. The summed E-state index contributed by atoms with van der Waals surface area (Å²) in [5, 5.41) is 6.38. The topological polar surface area (TPSA) is 70.6 Å². The number of amidine groups is 1. The van der Waals surface area contributed by atoms with Crippen molar-refractivity contribution < 1.29 is 9.59 Å². The summed E-state index contributed by atoms with van der Waals surface area (Å²) < 4.78 is 0. The van der Waals surface area contributed by atoms with Crippen LogP contribution in [0.15, 0.2) is 53.5 Å². The summed E-state index contributed by atoms with van der Waals surface area (Å²) in [5.41, 5.74) is 1.23. The summed E-state index contributed by atoms with van der Waals surface area (Å²) in [4.78, 5) is 28.7. The maximum Gasteiger partial charge on any atom is 0.238 e. The number of rotatable bonds is 3. The molecule has 0 aromatic heterocycles. The molecule has 2 N–H and O–H groups in total. The zero-order chi connectivity index (χ0) is 17.8. The first kappa shape index (κ1) is 17.8. The molecule has 1 heterocycles. The Kier molecular flexibility index (Phi) is 5.63. The quantitative estimate of drug-likeness (QED) is 0.818. The SMILES string of the molecule is O=C1C[C@@H](C(=O)Nc2cccc(Cl)c2)SC(=Nc2ccc(Cl)cc2)N1. The molecule has 2 aromatic carbocycles. The predicted octanol–water partition coefficient (Wildman–Crippen LogP) is 4.24. The fourth-order valence-corrected chi connectivity index (χ4v) is 3.48. The number of anilines is 1. The smallest absolute Gasteiger partial charge is 0.238 e. The number of halogens is 2. The zero-order valence-corrected chi connectivity index (χ0v) is 15.2. The molecular formula is C17H13Cl2N3O2S. The van der Waals surface area contributed by atoms with Gasteiger partial charge in [0, 0.05) is 22.2 Å². The predicted molar refractivity (Wildman–Crippen MR) is 103 cm³/mol. The molecular weight excluding hydrogens is 381 g/mol. The van der Waals surface area contributed by atoms with Gasteiger partial charge in [-0.05, 0) is 42.5 Å². The van der Waals surface area contributed by atoms with Gasteiger partial charge >= 0.3 is 0 Å². The average Bonchev–Trinajstić information content (AvgIpc) is 2.56. The number of hydrogen-bond donors (Lipinski definition) is 2. The largest absolute Gasteiger partial charge is 0.325 e. The van der Waals surface area contributed by atoms with Crippen molar-refractivity contribution in [3.05, 3.63) is 58.6 Å². The van der Waals surface area contributed by atoms with Crippen molar-refractivity contribution in [3.63, 3.8) is 0 Å². The van der Waals surface area contributed by atoms with Crippen LogP contribution in [0.3, 0.4) is 0 Å². The molecule has 0 bridgehead atoms. The monoisotopic (exact) mass is 393 g/mol. The number of amides is 2. The fraction of sp³-hybridized carbons (Fsp3) is 0.118. The molecule has 0 radical (unpaired) electrons. The van der Waals surface area contributed by atoms with Crippen LogP contribution in [0.1, 0.15) is 6.42 Å². The van der Waals surface area contributed by atoms with Crippen LogP contribution in [0.25, 0.3) is 0 Å². The van der Waals surface area contributed by atoms with Crippen LogP contribution < -0.4 is 10.6 Å². The minimum atomic E-state index is -0.571. The first-order valence-corrected chi connectivity index (χ1v) is 9.00. The summed E-state index contributed by atoms with van der Waals surface area (Å²) in [6.07, 6.45) is 0.0801. The second-order valence-corrected chi connectivity index (χ2v) is 7.32. The Morgan fingerprint density at radius 1 is 1.16 bits per heavy atom. The number of nitrogens with one attached hydrogen (secondary N) is 2. The number of aliphatic imine (C=N–C) groups is 1. The van der Waals surface area contributed by atoms with Gasteiger partial charge in [0.2, 0.25) is 11.8 Å². The third kappa shape index (κ3) is 4.98. The Labute approximate surface area is 158 Å². The molecule has 2 aromatic rings. The van der Waals surface area contributed by atoms with Crippen LogP contribution in [0.2, 0.25) is 10.0 Å². The maximum atomic E-state index is 12.4. The molecule has 8 heteroatoms. The number of nitrogens with zero attached hydrogens (tertiary/aromatic N) is 1. The van der Waals surface area contributed by atoms with Gasteiger partial charge in [0.25, 0.3) is 0 Å². The van der Waals surface area contributed by atoms with Gasteiger partial charge in [-0.25, -0.2) is 4.99 Å². The summed E-state index contributed by atoms with van der Waals surface area (Å²) in [6.45, 7) is 0. The van der Waals surface area contributed by atoms with E-state index in [1.807, 2.05) is 0 Å². The van der Waals surface area contributed by atoms with E-state index in [4.69, 9.17) is 23.2 Å². The summed E-state index contributed by atoms with van der Waals surface area (Å²) in [6, 6.07) is 13.7. The van der Waals surface area contributed by atoms with Crippen LogP contribution in [-0.4, -0.2) is 22.2 Å². The molecule has 5 nitrogen and oxygen atoms in total. The zero-order valence-electron chi connectivity index (χ0n) is 12.8. The van der Waals surface area contributed by atoms with E-state index in [1.54, 1.807) is 48.5 Å². The first-order chi connectivity index (χ1) is 12.0. The van der Waals surface area contributed by atoms with Gasteiger partial charge in [0.05, 0.1) is 5.69 Å². The van der Waals surface area contributed by atoms with Crippen molar-refractivity contribution in [2.45, 2.75) is 11.7 Å². The summed E-state index contributed by atoms with van der Waals surface area (Å²) in [7, 11) is 0. The van der Waals surface area contributed by atoms with Crippen LogP contribution >= 0.6 is 35.0 Å². The number of thioether (sulfide) groups is 1. The highest BCUT2D eigenvalue weighted by Crippen LogP contribution is 2.26. The van der Waals surface area contributed by atoms with Gasteiger partial charge in [-0.2, -0.15) is 0 Å². The lowest BCUT2D eigenvalue weighted by atomic mass is 10.2. The molecule has 1 atom stereocenters. The van der Waals surface area contributed by atoms with Crippen molar-refractivity contribution >= 4 is 63.3 Å². The molecule has 0 unspecified atom stereocenters. The Balaban J connectivity index is 1.72. The lowest BCUT2D eigenvalue weighted by Gasteiger charge is -2.22. The third-order valence-corrected chi connectivity index (χ3v) is 4.88. The number of hydrogen-bond acceptors (Lipinski definition) is 4. The highest BCUT2D eigenvalue weighted by Gasteiger charge is 2.30. The van der Waals surface area contributed by atoms with Gasteiger partial charge in [-0.3, -0.25) is 9.59 Å².